The largest absolute Gasteiger partial charge is 0.476 e. The molecule has 0 fully saturated rings. The number of carboxylic acid groups (broad SMARTS) is 1. The third-order valence-electron chi connectivity index (χ3n) is 2.52. The minimum atomic E-state index is -1.11. The van der Waals surface area contributed by atoms with Crippen molar-refractivity contribution >= 4 is 23.2 Å². The highest BCUT2D eigenvalue weighted by atomic mass is 32.1. The average molecular weight is 271 g/mol. The van der Waals surface area contributed by atoms with Crippen LogP contribution in [0.3, 0.4) is 0 Å². The van der Waals surface area contributed by atoms with Gasteiger partial charge in [0, 0.05) is 13.1 Å². The third-order valence-corrected chi connectivity index (χ3v) is 3.50. The second-order valence-corrected chi connectivity index (χ2v) is 4.65. The van der Waals surface area contributed by atoms with Crippen molar-refractivity contribution in [2.24, 2.45) is 0 Å². The van der Waals surface area contributed by atoms with Gasteiger partial charge in [0.2, 0.25) is 5.01 Å². The molecule has 0 saturated carbocycles. The Morgan fingerprint density at radius 3 is 2.61 bits per heavy atom. The van der Waals surface area contributed by atoms with E-state index in [0.29, 0.717) is 11.4 Å². The van der Waals surface area contributed by atoms with Crippen LogP contribution in [0.4, 0.5) is 0 Å². The van der Waals surface area contributed by atoms with E-state index in [-0.39, 0.29) is 10.9 Å². The van der Waals surface area contributed by atoms with Gasteiger partial charge in [-0.25, -0.2) is 9.78 Å². The van der Waals surface area contributed by atoms with Crippen molar-refractivity contribution in [3.8, 4) is 0 Å². The molecule has 1 aromatic heterocycles. The lowest BCUT2D eigenvalue weighted by atomic mass is 10.4. The van der Waals surface area contributed by atoms with Crippen molar-refractivity contribution in [1.29, 1.82) is 0 Å². The number of nitrogens with zero attached hydrogens (tertiary/aromatic N) is 2. The van der Waals surface area contributed by atoms with Gasteiger partial charge in [-0.2, -0.15) is 0 Å². The lowest BCUT2D eigenvalue weighted by Crippen LogP contribution is -2.34. The Morgan fingerprint density at radius 2 is 2.11 bits per heavy atom. The quantitative estimate of drug-likeness (QED) is 0.770. The number of nitrogens with one attached hydrogen (secondary N) is 1. The monoisotopic (exact) mass is 271 g/mol. The van der Waals surface area contributed by atoms with Gasteiger partial charge in [0.1, 0.15) is 4.88 Å². The van der Waals surface area contributed by atoms with Gasteiger partial charge in [-0.05, 0) is 13.1 Å². The Bertz CT molecular complexity index is 415. The van der Waals surface area contributed by atoms with Gasteiger partial charge in [0.05, 0.1) is 6.20 Å². The standard InChI is InChI=1S/C11H17N3O3S/c1-3-14(4-2)6-5-12-9(15)8-7-13-10(18-8)11(16)17/h7H,3-6H2,1-2H3,(H,12,15)(H,16,17). The fourth-order valence-corrected chi connectivity index (χ4v) is 2.10. The van der Waals surface area contributed by atoms with Gasteiger partial charge in [-0.1, -0.05) is 13.8 Å². The number of carbonyl (C=O) groups is 2. The Labute approximate surface area is 110 Å². The molecular formula is C11H17N3O3S. The lowest BCUT2D eigenvalue weighted by molar-refractivity contribution is 0.0696. The molecule has 1 amide bonds. The van der Waals surface area contributed by atoms with E-state index in [1.165, 1.54) is 6.20 Å². The molecule has 1 heterocycles. The lowest BCUT2D eigenvalue weighted by Gasteiger charge is -2.17. The van der Waals surface area contributed by atoms with Gasteiger partial charge in [-0.3, -0.25) is 4.79 Å². The zero-order chi connectivity index (χ0) is 13.5. The third kappa shape index (κ3) is 4.08. The molecule has 0 unspecified atom stereocenters. The Balaban J connectivity index is 2.42. The molecule has 0 atom stereocenters. The predicted molar refractivity (Wildman–Crippen MR) is 69.2 cm³/mol. The number of thiazole rings is 1. The molecule has 0 aromatic carbocycles. The van der Waals surface area contributed by atoms with Crippen LogP contribution in [0.2, 0.25) is 0 Å². The number of amides is 1. The molecule has 0 saturated heterocycles. The molecule has 0 spiro atoms. The molecule has 1 rings (SSSR count). The number of carboxylic acids is 1. The first-order valence-corrected chi connectivity index (χ1v) is 6.59. The summed E-state index contributed by atoms with van der Waals surface area (Å²) in [5.74, 6) is -1.38. The zero-order valence-corrected chi connectivity index (χ0v) is 11.3. The molecule has 2 N–H and O–H groups in total. The number of hydrogen-bond donors (Lipinski definition) is 2. The van der Waals surface area contributed by atoms with Crippen LogP contribution in [0, 0.1) is 0 Å². The van der Waals surface area contributed by atoms with E-state index < -0.39 is 5.97 Å². The molecule has 1 aromatic rings. The molecule has 7 heteroatoms. The first kappa shape index (κ1) is 14.6. The second-order valence-electron chi connectivity index (χ2n) is 3.62. The van der Waals surface area contributed by atoms with Gasteiger partial charge in [0.25, 0.3) is 5.91 Å². The summed E-state index contributed by atoms with van der Waals surface area (Å²) >= 11 is 0.883. The Kier molecular flexibility index (Phi) is 5.73. The molecule has 0 bridgehead atoms. The maximum absolute atomic E-state index is 11.7. The molecule has 18 heavy (non-hydrogen) atoms. The number of aromatic nitrogens is 1. The molecule has 0 aliphatic carbocycles. The van der Waals surface area contributed by atoms with Crippen LogP contribution < -0.4 is 5.32 Å². The summed E-state index contributed by atoms with van der Waals surface area (Å²) in [5, 5.41) is 11.4. The molecule has 6 nitrogen and oxygen atoms in total. The van der Waals surface area contributed by atoms with Crippen molar-refractivity contribution in [3.05, 3.63) is 16.1 Å². The summed E-state index contributed by atoms with van der Waals surface area (Å²) in [6.07, 6.45) is 1.29. The number of likely N-dealkylation sites (N-methyl/N-ethyl adjacent to an activating group) is 1. The van der Waals surface area contributed by atoms with E-state index in [9.17, 15) is 9.59 Å². The topological polar surface area (TPSA) is 82.5 Å². The summed E-state index contributed by atoms with van der Waals surface area (Å²) in [6, 6.07) is 0. The Hall–Kier alpha value is -1.47. The van der Waals surface area contributed by atoms with Crippen molar-refractivity contribution in [1.82, 2.24) is 15.2 Å². The Morgan fingerprint density at radius 1 is 1.44 bits per heavy atom. The summed E-state index contributed by atoms with van der Waals surface area (Å²) in [5.41, 5.74) is 0. The predicted octanol–water partition coefficient (Wildman–Crippen LogP) is 0.913. The fraction of sp³-hybridized carbons (Fsp3) is 0.545. The normalized spacial score (nSPS) is 10.6. The summed E-state index contributed by atoms with van der Waals surface area (Å²) in [4.78, 5) is 28.5. The van der Waals surface area contributed by atoms with Crippen molar-refractivity contribution < 1.29 is 14.7 Å². The first-order valence-electron chi connectivity index (χ1n) is 5.78. The maximum Gasteiger partial charge on any atom is 0.365 e. The molecule has 100 valence electrons. The van der Waals surface area contributed by atoms with Gasteiger partial charge in [0.15, 0.2) is 0 Å². The molecule has 0 radical (unpaired) electrons. The van der Waals surface area contributed by atoms with E-state index in [4.69, 9.17) is 5.11 Å². The van der Waals surface area contributed by atoms with Gasteiger partial charge < -0.3 is 15.3 Å². The van der Waals surface area contributed by atoms with Crippen LogP contribution in [0.5, 0.6) is 0 Å². The van der Waals surface area contributed by atoms with Crippen molar-refractivity contribution in [2.45, 2.75) is 13.8 Å². The number of hydrogen-bond acceptors (Lipinski definition) is 5. The molecule has 0 aliphatic rings. The van der Waals surface area contributed by atoms with Crippen molar-refractivity contribution in [2.75, 3.05) is 26.2 Å². The highest BCUT2D eigenvalue weighted by Gasteiger charge is 2.14. The highest BCUT2D eigenvalue weighted by Crippen LogP contribution is 2.12. The van der Waals surface area contributed by atoms with E-state index in [1.54, 1.807) is 0 Å². The fourth-order valence-electron chi connectivity index (χ4n) is 1.43. The maximum atomic E-state index is 11.7. The smallest absolute Gasteiger partial charge is 0.365 e. The van der Waals surface area contributed by atoms with E-state index in [2.05, 4.69) is 29.0 Å². The molecular weight excluding hydrogens is 254 g/mol. The van der Waals surface area contributed by atoms with Crippen LogP contribution in [-0.2, 0) is 0 Å². The van der Waals surface area contributed by atoms with E-state index in [0.717, 1.165) is 31.0 Å². The van der Waals surface area contributed by atoms with Crippen molar-refractivity contribution in [3.63, 3.8) is 0 Å². The van der Waals surface area contributed by atoms with E-state index in [1.807, 2.05) is 0 Å². The highest BCUT2D eigenvalue weighted by molar-refractivity contribution is 7.15. The van der Waals surface area contributed by atoms with Crippen LogP contribution >= 0.6 is 11.3 Å². The minimum Gasteiger partial charge on any atom is -0.476 e. The zero-order valence-electron chi connectivity index (χ0n) is 10.5. The first-order chi connectivity index (χ1) is 8.58. The second kappa shape index (κ2) is 7.07. The molecule has 0 aliphatic heterocycles. The number of carbonyl (C=O) groups excluding carboxylic acids is 1. The van der Waals surface area contributed by atoms with Crippen LogP contribution in [0.15, 0.2) is 6.20 Å². The van der Waals surface area contributed by atoms with Gasteiger partial charge in [-0.15, -0.1) is 11.3 Å². The van der Waals surface area contributed by atoms with Crippen LogP contribution in [0.25, 0.3) is 0 Å². The minimum absolute atomic E-state index is 0.0658. The van der Waals surface area contributed by atoms with Crippen LogP contribution in [-0.4, -0.2) is 53.0 Å². The summed E-state index contributed by atoms with van der Waals surface area (Å²) in [6.45, 7) is 7.33. The van der Waals surface area contributed by atoms with Gasteiger partial charge >= 0.3 is 5.97 Å². The average Bonchev–Trinajstić information content (AvgIpc) is 2.84. The summed E-state index contributed by atoms with van der Waals surface area (Å²) < 4.78 is 0. The van der Waals surface area contributed by atoms with Crippen LogP contribution in [0.1, 0.15) is 33.3 Å². The SMILES string of the molecule is CCN(CC)CCNC(=O)c1cnc(C(=O)O)s1. The number of rotatable bonds is 7. The summed E-state index contributed by atoms with van der Waals surface area (Å²) in [7, 11) is 0. The van der Waals surface area contributed by atoms with E-state index >= 15 is 0 Å². The number of aromatic carboxylic acids is 1.